The SMILES string of the molecule is CC1CCCN(S(=O)(=O)c2ccc3nnn(OCC(=O)Nc4ccc(C(N)=O)cc4)c3c2)C1. The molecular weight excluding hydrogens is 448 g/mol. The number of carbonyl (C=O) groups excluding carboxylic acids is 2. The fourth-order valence-electron chi connectivity index (χ4n) is 3.68. The fraction of sp³-hybridized carbons (Fsp3) is 0.333. The summed E-state index contributed by atoms with van der Waals surface area (Å²) in [4.78, 5) is 29.9. The summed E-state index contributed by atoms with van der Waals surface area (Å²) in [5.41, 5.74) is 6.74. The van der Waals surface area contributed by atoms with Gasteiger partial charge in [0.2, 0.25) is 15.9 Å². The van der Waals surface area contributed by atoms with Crippen molar-refractivity contribution in [3.05, 3.63) is 48.0 Å². The molecular formula is C21H24N6O5S. The molecule has 3 N–H and O–H groups in total. The lowest BCUT2D eigenvalue weighted by atomic mass is 10.0. The van der Waals surface area contributed by atoms with E-state index in [0.29, 0.717) is 41.3 Å². The zero-order valence-electron chi connectivity index (χ0n) is 18.0. The first-order chi connectivity index (χ1) is 15.7. The highest BCUT2D eigenvalue weighted by Gasteiger charge is 2.29. The fourth-order valence-corrected chi connectivity index (χ4v) is 5.30. The van der Waals surface area contributed by atoms with Crippen molar-refractivity contribution in [1.82, 2.24) is 19.5 Å². The molecule has 33 heavy (non-hydrogen) atoms. The number of hydrogen-bond donors (Lipinski definition) is 2. The van der Waals surface area contributed by atoms with Crippen LogP contribution in [0.4, 0.5) is 5.69 Å². The highest BCUT2D eigenvalue weighted by molar-refractivity contribution is 7.89. The number of nitrogens with zero attached hydrogens (tertiary/aromatic N) is 4. The minimum Gasteiger partial charge on any atom is -0.385 e. The van der Waals surface area contributed by atoms with E-state index in [1.54, 1.807) is 18.2 Å². The van der Waals surface area contributed by atoms with Crippen LogP contribution in [0, 0.1) is 5.92 Å². The molecule has 174 valence electrons. The highest BCUT2D eigenvalue weighted by atomic mass is 32.2. The number of carbonyl (C=O) groups is 2. The number of fused-ring (bicyclic) bond motifs is 1. The van der Waals surface area contributed by atoms with Crippen molar-refractivity contribution in [2.24, 2.45) is 11.7 Å². The molecule has 1 fully saturated rings. The lowest BCUT2D eigenvalue weighted by molar-refractivity contribution is -0.121. The highest BCUT2D eigenvalue weighted by Crippen LogP contribution is 2.25. The van der Waals surface area contributed by atoms with Gasteiger partial charge in [0.25, 0.3) is 5.91 Å². The van der Waals surface area contributed by atoms with Crippen LogP contribution in [0.2, 0.25) is 0 Å². The number of nitrogens with one attached hydrogen (secondary N) is 1. The van der Waals surface area contributed by atoms with Gasteiger partial charge in [-0.2, -0.15) is 4.31 Å². The van der Waals surface area contributed by atoms with Gasteiger partial charge in [-0.1, -0.05) is 11.8 Å². The van der Waals surface area contributed by atoms with Crippen LogP contribution < -0.4 is 15.9 Å². The Bertz CT molecular complexity index is 1290. The van der Waals surface area contributed by atoms with E-state index in [0.717, 1.165) is 17.7 Å². The summed E-state index contributed by atoms with van der Waals surface area (Å²) in [7, 11) is -3.67. The maximum Gasteiger partial charge on any atom is 0.265 e. The van der Waals surface area contributed by atoms with Gasteiger partial charge in [0.05, 0.1) is 4.90 Å². The van der Waals surface area contributed by atoms with Crippen LogP contribution in [-0.4, -0.2) is 59.4 Å². The van der Waals surface area contributed by atoms with Gasteiger partial charge in [-0.25, -0.2) is 8.42 Å². The smallest absolute Gasteiger partial charge is 0.265 e. The molecule has 0 saturated carbocycles. The lowest BCUT2D eigenvalue weighted by Gasteiger charge is -2.30. The summed E-state index contributed by atoms with van der Waals surface area (Å²) in [6.07, 6.45) is 1.83. The Balaban J connectivity index is 1.46. The molecule has 2 heterocycles. The van der Waals surface area contributed by atoms with E-state index in [1.807, 2.05) is 6.92 Å². The van der Waals surface area contributed by atoms with Crippen molar-refractivity contribution in [3.8, 4) is 0 Å². The van der Waals surface area contributed by atoms with Gasteiger partial charge in [0, 0.05) is 24.3 Å². The monoisotopic (exact) mass is 472 g/mol. The topological polar surface area (TPSA) is 150 Å². The second-order valence-electron chi connectivity index (χ2n) is 7.99. The van der Waals surface area contributed by atoms with Crippen molar-refractivity contribution in [2.75, 3.05) is 25.0 Å². The van der Waals surface area contributed by atoms with E-state index in [9.17, 15) is 18.0 Å². The third-order valence-corrected chi connectivity index (χ3v) is 7.28. The number of primary amides is 1. The van der Waals surface area contributed by atoms with E-state index in [-0.39, 0.29) is 4.90 Å². The Labute approximate surface area is 190 Å². The van der Waals surface area contributed by atoms with Crippen molar-refractivity contribution in [1.29, 1.82) is 0 Å². The van der Waals surface area contributed by atoms with Crippen molar-refractivity contribution < 1.29 is 22.8 Å². The maximum atomic E-state index is 13.1. The van der Waals surface area contributed by atoms with Gasteiger partial charge in [-0.15, -0.1) is 5.10 Å². The summed E-state index contributed by atoms with van der Waals surface area (Å²) in [5.74, 6) is -0.736. The van der Waals surface area contributed by atoms with Gasteiger partial charge in [-0.3, -0.25) is 9.59 Å². The van der Waals surface area contributed by atoms with E-state index < -0.39 is 28.4 Å². The molecule has 1 aliphatic rings. The summed E-state index contributed by atoms with van der Waals surface area (Å²) < 4.78 is 27.7. The Kier molecular flexibility index (Phi) is 6.29. The summed E-state index contributed by atoms with van der Waals surface area (Å²) in [5, 5.41) is 10.4. The second-order valence-corrected chi connectivity index (χ2v) is 9.92. The van der Waals surface area contributed by atoms with Crippen LogP contribution in [0.25, 0.3) is 11.0 Å². The number of amides is 2. The molecule has 11 nitrogen and oxygen atoms in total. The van der Waals surface area contributed by atoms with Gasteiger partial charge in [0.1, 0.15) is 11.0 Å². The number of aromatic nitrogens is 3. The van der Waals surface area contributed by atoms with Gasteiger partial charge in [-0.05, 0) is 66.4 Å². The third kappa shape index (κ3) is 4.96. The Hall–Kier alpha value is -3.51. The second kappa shape index (κ2) is 9.16. The van der Waals surface area contributed by atoms with E-state index in [2.05, 4.69) is 15.6 Å². The van der Waals surface area contributed by atoms with Crippen LogP contribution in [-0.2, 0) is 14.8 Å². The number of benzene rings is 2. The average Bonchev–Trinajstić information content (AvgIpc) is 3.20. The number of nitrogens with two attached hydrogens (primary N) is 1. The molecule has 1 aliphatic heterocycles. The Morgan fingerprint density at radius 3 is 2.67 bits per heavy atom. The third-order valence-electron chi connectivity index (χ3n) is 5.42. The molecule has 4 rings (SSSR count). The largest absolute Gasteiger partial charge is 0.385 e. The summed E-state index contributed by atoms with van der Waals surface area (Å²) in [6, 6.07) is 10.6. The minimum atomic E-state index is -3.67. The van der Waals surface area contributed by atoms with E-state index >= 15 is 0 Å². The zero-order valence-corrected chi connectivity index (χ0v) is 18.8. The summed E-state index contributed by atoms with van der Waals surface area (Å²) >= 11 is 0. The van der Waals surface area contributed by atoms with Crippen molar-refractivity contribution >= 4 is 38.6 Å². The number of sulfonamides is 1. The first-order valence-electron chi connectivity index (χ1n) is 10.4. The van der Waals surface area contributed by atoms with Gasteiger partial charge < -0.3 is 15.9 Å². The molecule has 1 aromatic heterocycles. The van der Waals surface area contributed by atoms with E-state index in [4.69, 9.17) is 10.6 Å². The predicted molar refractivity (Wildman–Crippen MR) is 120 cm³/mol. The van der Waals surface area contributed by atoms with Crippen molar-refractivity contribution in [3.63, 3.8) is 0 Å². The van der Waals surface area contributed by atoms with Crippen LogP contribution in [0.15, 0.2) is 47.4 Å². The summed E-state index contributed by atoms with van der Waals surface area (Å²) in [6.45, 7) is 2.61. The first-order valence-corrected chi connectivity index (χ1v) is 11.9. The number of rotatable bonds is 7. The number of anilines is 1. The molecule has 0 radical (unpaired) electrons. The average molecular weight is 473 g/mol. The number of hydrogen-bond acceptors (Lipinski definition) is 7. The number of piperidine rings is 1. The molecule has 0 spiro atoms. The molecule has 2 amide bonds. The predicted octanol–water partition coefficient (Wildman–Crippen LogP) is 1.02. The van der Waals surface area contributed by atoms with Gasteiger partial charge in [0.15, 0.2) is 6.61 Å². The molecule has 1 saturated heterocycles. The minimum absolute atomic E-state index is 0.121. The Morgan fingerprint density at radius 2 is 1.97 bits per heavy atom. The first kappa shape index (κ1) is 22.7. The molecule has 1 unspecified atom stereocenters. The molecule has 0 aliphatic carbocycles. The molecule has 0 bridgehead atoms. The van der Waals surface area contributed by atoms with Crippen LogP contribution in [0.3, 0.4) is 0 Å². The van der Waals surface area contributed by atoms with E-state index in [1.165, 1.54) is 28.6 Å². The Morgan fingerprint density at radius 1 is 1.21 bits per heavy atom. The standard InChI is InChI=1S/C21H24N6O5S/c1-14-3-2-10-26(12-14)33(30,31)17-8-9-18-19(11-17)27(25-24-18)32-13-20(28)23-16-6-4-15(5-7-16)21(22)29/h4-9,11,14H,2-3,10,12-13H2,1H3,(H2,22,29)(H,23,28). The molecule has 12 heteroatoms. The zero-order chi connectivity index (χ0) is 23.6. The lowest BCUT2D eigenvalue weighted by Crippen LogP contribution is -2.39. The quantitative estimate of drug-likeness (QED) is 0.521. The van der Waals surface area contributed by atoms with Crippen LogP contribution in [0.5, 0.6) is 0 Å². The molecule has 2 aromatic carbocycles. The van der Waals surface area contributed by atoms with Crippen molar-refractivity contribution in [2.45, 2.75) is 24.7 Å². The van der Waals surface area contributed by atoms with Gasteiger partial charge >= 0.3 is 0 Å². The molecule has 1 atom stereocenters. The van der Waals surface area contributed by atoms with Crippen LogP contribution in [0.1, 0.15) is 30.1 Å². The molecule has 3 aromatic rings. The maximum absolute atomic E-state index is 13.1. The normalized spacial score (nSPS) is 17.1. The van der Waals surface area contributed by atoms with Crippen LogP contribution >= 0.6 is 0 Å².